The van der Waals surface area contributed by atoms with Gasteiger partial charge in [-0.15, -0.1) is 0 Å². The molecule has 0 radical (unpaired) electrons. The van der Waals surface area contributed by atoms with Crippen molar-refractivity contribution in [2.75, 3.05) is 31.1 Å². The van der Waals surface area contributed by atoms with E-state index in [1.807, 2.05) is 6.20 Å². The Labute approximate surface area is 112 Å². The number of aromatic nitrogens is 2. The van der Waals surface area contributed by atoms with Gasteiger partial charge >= 0.3 is 0 Å². The van der Waals surface area contributed by atoms with Gasteiger partial charge in [-0.1, -0.05) is 0 Å². The van der Waals surface area contributed by atoms with Crippen molar-refractivity contribution in [2.24, 2.45) is 0 Å². The molecule has 0 saturated carbocycles. The third-order valence-electron chi connectivity index (χ3n) is 2.02. The zero-order valence-corrected chi connectivity index (χ0v) is 12.9. The van der Waals surface area contributed by atoms with Crippen molar-refractivity contribution in [1.82, 2.24) is 9.78 Å². The summed E-state index contributed by atoms with van der Waals surface area (Å²) in [6, 6.07) is 0. The minimum Gasteiger partial charge on any atom is -0.392 e. The number of aliphatic hydroxyl groups is 1. The molecule has 4 nitrogen and oxygen atoms in total. The topological polar surface area (TPSA) is 47.3 Å². The molecule has 0 atom stereocenters. The van der Waals surface area contributed by atoms with Gasteiger partial charge in [0.15, 0.2) is 0 Å². The Hall–Kier alpha value is 0.210. The molecule has 1 aromatic rings. The van der Waals surface area contributed by atoms with Crippen LogP contribution in [0.3, 0.4) is 0 Å². The highest BCUT2D eigenvalue weighted by molar-refractivity contribution is 14.1. The Kier molecular flexibility index (Phi) is 5.55. The largest absolute Gasteiger partial charge is 0.392 e. The van der Waals surface area contributed by atoms with Gasteiger partial charge in [0, 0.05) is 17.5 Å². The van der Waals surface area contributed by atoms with E-state index >= 15 is 0 Å². The van der Waals surface area contributed by atoms with Crippen LogP contribution in [0.2, 0.25) is 0 Å². The molecule has 0 aromatic carbocycles. The highest BCUT2D eigenvalue weighted by atomic mass is 127. The lowest BCUT2D eigenvalue weighted by Crippen LogP contribution is -2.10. The first-order chi connectivity index (χ1) is 7.42. The second-order valence-corrected chi connectivity index (χ2v) is 10.1. The molecule has 1 rings (SSSR count). The molecule has 94 valence electrons. The van der Waals surface area contributed by atoms with Crippen LogP contribution in [-0.2, 0) is 18.1 Å². The summed E-state index contributed by atoms with van der Waals surface area (Å²) < 4.78 is 8.11. The van der Waals surface area contributed by atoms with Gasteiger partial charge in [0.05, 0.1) is 13.2 Å². The molecule has 1 N–H and O–H groups in total. The molecule has 0 aliphatic carbocycles. The summed E-state index contributed by atoms with van der Waals surface area (Å²) in [5.41, 5.74) is 0.852. The first-order valence-corrected chi connectivity index (χ1v) is 9.09. The zero-order chi connectivity index (χ0) is 12.2. The van der Waals surface area contributed by atoms with Crippen LogP contribution < -0.4 is 0 Å². The van der Waals surface area contributed by atoms with Crippen LogP contribution in [0, 0.1) is 3.70 Å². The van der Waals surface area contributed by atoms with Crippen LogP contribution in [0.4, 0.5) is 0 Å². The van der Waals surface area contributed by atoms with E-state index in [9.17, 15) is 0 Å². The van der Waals surface area contributed by atoms with Gasteiger partial charge in [0.1, 0.15) is 10.4 Å². The van der Waals surface area contributed by atoms with Crippen molar-refractivity contribution < 1.29 is 9.84 Å². The molecule has 16 heavy (non-hydrogen) atoms. The third-order valence-corrected chi connectivity index (χ3v) is 4.32. The van der Waals surface area contributed by atoms with Crippen molar-refractivity contribution in [3.63, 3.8) is 0 Å². The standard InChI is InChI=1S/C10H19IN2O2S/c1-16(2,3)5-4-15-8-13-6-9(7-14)10(11)12-13/h6,14H,4-5,7-8H2,1-3H3. The summed E-state index contributed by atoms with van der Waals surface area (Å²) in [5, 5.41) is 13.3. The van der Waals surface area contributed by atoms with Crippen LogP contribution in [0.15, 0.2) is 6.20 Å². The van der Waals surface area contributed by atoms with E-state index in [2.05, 4.69) is 46.5 Å². The SMILES string of the molecule is CS(C)(C)CCOCn1cc(CO)c(I)n1. The molecule has 0 unspecified atom stereocenters. The smallest absolute Gasteiger partial charge is 0.139 e. The van der Waals surface area contributed by atoms with E-state index in [4.69, 9.17) is 9.84 Å². The number of nitrogens with zero attached hydrogens (tertiary/aromatic N) is 2. The average molecular weight is 358 g/mol. The molecule has 0 spiro atoms. The maximum absolute atomic E-state index is 9.01. The molecule has 0 aliphatic rings. The van der Waals surface area contributed by atoms with Crippen LogP contribution in [0.5, 0.6) is 0 Å². The van der Waals surface area contributed by atoms with Gasteiger partial charge in [-0.05, 0) is 41.4 Å². The van der Waals surface area contributed by atoms with Crippen LogP contribution in [0.1, 0.15) is 5.56 Å². The Morgan fingerprint density at radius 1 is 1.50 bits per heavy atom. The maximum atomic E-state index is 9.01. The van der Waals surface area contributed by atoms with Crippen molar-refractivity contribution in [2.45, 2.75) is 13.3 Å². The van der Waals surface area contributed by atoms with Crippen molar-refractivity contribution >= 4 is 32.6 Å². The van der Waals surface area contributed by atoms with Gasteiger partial charge in [0.25, 0.3) is 0 Å². The highest BCUT2D eigenvalue weighted by Gasteiger charge is 2.06. The molecule has 0 aliphatic heterocycles. The molecule has 6 heteroatoms. The van der Waals surface area contributed by atoms with Gasteiger partial charge in [0.2, 0.25) is 0 Å². The summed E-state index contributed by atoms with van der Waals surface area (Å²) in [6.07, 6.45) is 8.65. The predicted molar refractivity (Wildman–Crippen MR) is 77.0 cm³/mol. The monoisotopic (exact) mass is 358 g/mol. The van der Waals surface area contributed by atoms with E-state index < -0.39 is 10.0 Å². The number of hydrogen-bond acceptors (Lipinski definition) is 3. The number of ether oxygens (including phenoxy) is 1. The first-order valence-electron chi connectivity index (χ1n) is 4.99. The summed E-state index contributed by atoms with van der Waals surface area (Å²) in [7, 11) is -0.482. The maximum Gasteiger partial charge on any atom is 0.139 e. The summed E-state index contributed by atoms with van der Waals surface area (Å²) in [5.74, 6) is 1.11. The minimum atomic E-state index is -0.482. The molecule has 0 bridgehead atoms. The Morgan fingerprint density at radius 2 is 2.19 bits per heavy atom. The van der Waals surface area contributed by atoms with Crippen LogP contribution in [-0.4, -0.2) is 46.0 Å². The van der Waals surface area contributed by atoms with Gasteiger partial charge in [-0.3, -0.25) is 0 Å². The van der Waals surface area contributed by atoms with Crippen molar-refractivity contribution in [3.8, 4) is 0 Å². The molecule has 1 heterocycles. The summed E-state index contributed by atoms with van der Waals surface area (Å²) in [4.78, 5) is 0. The Bertz CT molecular complexity index is 336. The fourth-order valence-electron chi connectivity index (χ4n) is 1.08. The van der Waals surface area contributed by atoms with Gasteiger partial charge < -0.3 is 9.84 Å². The molecule has 0 amide bonds. The van der Waals surface area contributed by atoms with Crippen molar-refractivity contribution in [3.05, 3.63) is 15.5 Å². The number of rotatable bonds is 6. The van der Waals surface area contributed by atoms with Crippen LogP contribution >= 0.6 is 32.6 Å². The summed E-state index contributed by atoms with van der Waals surface area (Å²) in [6.45, 7) is 1.26. The normalized spacial score (nSPS) is 13.1. The van der Waals surface area contributed by atoms with E-state index in [0.29, 0.717) is 6.73 Å². The second-order valence-electron chi connectivity index (χ2n) is 4.47. The summed E-state index contributed by atoms with van der Waals surface area (Å²) >= 11 is 2.11. The highest BCUT2D eigenvalue weighted by Crippen LogP contribution is 2.33. The predicted octanol–water partition coefficient (Wildman–Crippen LogP) is 1.65. The second kappa shape index (κ2) is 6.23. The lowest BCUT2D eigenvalue weighted by Gasteiger charge is -2.24. The lowest BCUT2D eigenvalue weighted by molar-refractivity contribution is 0.0805. The van der Waals surface area contributed by atoms with Crippen LogP contribution in [0.25, 0.3) is 0 Å². The van der Waals surface area contributed by atoms with E-state index in [1.165, 1.54) is 0 Å². The average Bonchev–Trinajstić information content (AvgIpc) is 2.52. The van der Waals surface area contributed by atoms with Gasteiger partial charge in [-0.2, -0.15) is 5.10 Å². The Morgan fingerprint density at radius 3 is 2.69 bits per heavy atom. The number of halogens is 1. The number of hydrogen-bond donors (Lipinski definition) is 1. The van der Waals surface area contributed by atoms with E-state index in [-0.39, 0.29) is 6.61 Å². The van der Waals surface area contributed by atoms with E-state index in [0.717, 1.165) is 21.6 Å². The van der Waals surface area contributed by atoms with E-state index in [1.54, 1.807) is 4.68 Å². The van der Waals surface area contributed by atoms with Crippen molar-refractivity contribution in [1.29, 1.82) is 0 Å². The van der Waals surface area contributed by atoms with Gasteiger partial charge in [-0.25, -0.2) is 14.7 Å². The number of aliphatic hydroxyl groups excluding tert-OH is 1. The molecule has 0 saturated heterocycles. The zero-order valence-electron chi connectivity index (χ0n) is 9.94. The first kappa shape index (κ1) is 14.3. The Balaban J connectivity index is 2.32. The lowest BCUT2D eigenvalue weighted by atomic mass is 10.4. The minimum absolute atomic E-state index is 0.0322. The fourth-order valence-corrected chi connectivity index (χ4v) is 2.28. The fraction of sp³-hybridized carbons (Fsp3) is 0.700. The quantitative estimate of drug-likeness (QED) is 0.622. The molecule has 0 fully saturated rings. The molecule has 1 aromatic heterocycles. The molecular formula is C10H19IN2O2S. The third kappa shape index (κ3) is 5.03. The molecular weight excluding hydrogens is 339 g/mol.